The normalized spacial score (nSPS) is 19.3. The number of nitrogens with zero attached hydrogens (tertiary/aromatic N) is 3. The lowest BCUT2D eigenvalue weighted by Crippen LogP contribution is -2.38. The summed E-state index contributed by atoms with van der Waals surface area (Å²) in [6.45, 7) is 5.63. The number of carbonyl (C=O) groups excluding carboxylic acids is 1. The number of benzene rings is 1. The summed E-state index contributed by atoms with van der Waals surface area (Å²) in [5.74, 6) is 1.90. The molecular weight excluding hydrogens is 314 g/mol. The van der Waals surface area contributed by atoms with Gasteiger partial charge in [0.2, 0.25) is 11.8 Å². The summed E-state index contributed by atoms with van der Waals surface area (Å²) in [5.41, 5.74) is 1.03. The summed E-state index contributed by atoms with van der Waals surface area (Å²) in [4.78, 5) is 18.9. The maximum atomic E-state index is 12.5. The quantitative estimate of drug-likeness (QED) is 0.773. The van der Waals surface area contributed by atoms with E-state index in [0.717, 1.165) is 37.2 Å². The molecule has 0 aliphatic carbocycles. The highest BCUT2D eigenvalue weighted by molar-refractivity contribution is 5.91. The van der Waals surface area contributed by atoms with Crippen molar-refractivity contribution in [2.24, 2.45) is 0 Å². The number of amides is 1. The Bertz CT molecular complexity index is 724. The van der Waals surface area contributed by atoms with Gasteiger partial charge in [0.05, 0.1) is 5.92 Å². The van der Waals surface area contributed by atoms with Gasteiger partial charge in [-0.25, -0.2) is 0 Å². The highest BCUT2D eigenvalue weighted by Gasteiger charge is 2.28. The number of hydrogen-bond acceptors (Lipinski definition) is 4. The van der Waals surface area contributed by atoms with Crippen molar-refractivity contribution < 1.29 is 9.32 Å². The van der Waals surface area contributed by atoms with Gasteiger partial charge in [0.1, 0.15) is 0 Å². The fraction of sp³-hybridized carbons (Fsp3) is 0.450. The molecule has 132 valence electrons. The lowest BCUT2D eigenvalue weighted by molar-refractivity contribution is -0.127. The third-order valence-electron chi connectivity index (χ3n) is 4.81. The maximum Gasteiger partial charge on any atom is 0.246 e. The van der Waals surface area contributed by atoms with Gasteiger partial charge in [0, 0.05) is 25.1 Å². The van der Waals surface area contributed by atoms with Crippen LogP contribution in [-0.4, -0.2) is 34.0 Å². The summed E-state index contributed by atoms with van der Waals surface area (Å²) in [5, 5.41) is 4.10. The smallest absolute Gasteiger partial charge is 0.246 e. The predicted molar refractivity (Wildman–Crippen MR) is 97.0 cm³/mol. The van der Waals surface area contributed by atoms with Gasteiger partial charge in [-0.2, -0.15) is 4.98 Å². The van der Waals surface area contributed by atoms with Gasteiger partial charge in [-0.1, -0.05) is 49.3 Å². The van der Waals surface area contributed by atoms with Crippen LogP contribution in [0, 0.1) is 0 Å². The zero-order valence-electron chi connectivity index (χ0n) is 14.9. The number of piperidine rings is 1. The number of carbonyl (C=O) groups is 1. The van der Waals surface area contributed by atoms with Gasteiger partial charge >= 0.3 is 0 Å². The molecule has 2 aromatic rings. The van der Waals surface area contributed by atoms with Crippen LogP contribution in [0.1, 0.15) is 62.2 Å². The molecule has 1 aromatic carbocycles. The molecule has 1 aliphatic rings. The molecule has 0 saturated carbocycles. The number of rotatable bonds is 5. The first-order chi connectivity index (χ1) is 12.2. The van der Waals surface area contributed by atoms with Crippen LogP contribution in [0.2, 0.25) is 0 Å². The van der Waals surface area contributed by atoms with Crippen LogP contribution in [0.15, 0.2) is 40.9 Å². The second kappa shape index (κ2) is 8.10. The van der Waals surface area contributed by atoms with Crippen LogP contribution in [0.4, 0.5) is 0 Å². The molecule has 3 rings (SSSR count). The number of hydrogen-bond donors (Lipinski definition) is 0. The Hall–Kier alpha value is -2.43. The molecule has 1 fully saturated rings. The Morgan fingerprint density at radius 1 is 1.40 bits per heavy atom. The second-order valence-corrected chi connectivity index (χ2v) is 6.67. The van der Waals surface area contributed by atoms with Crippen LogP contribution >= 0.6 is 0 Å². The van der Waals surface area contributed by atoms with E-state index in [0.29, 0.717) is 18.4 Å². The third-order valence-corrected chi connectivity index (χ3v) is 4.81. The van der Waals surface area contributed by atoms with Crippen LogP contribution in [0.25, 0.3) is 6.08 Å². The van der Waals surface area contributed by atoms with Gasteiger partial charge in [-0.05, 0) is 30.9 Å². The Kier molecular flexibility index (Phi) is 5.64. The van der Waals surface area contributed by atoms with Crippen LogP contribution in [-0.2, 0) is 4.79 Å². The first-order valence-corrected chi connectivity index (χ1v) is 9.03. The molecule has 1 saturated heterocycles. The average molecular weight is 339 g/mol. The lowest BCUT2D eigenvalue weighted by Gasteiger charge is -2.30. The lowest BCUT2D eigenvalue weighted by atomic mass is 9.97. The van der Waals surface area contributed by atoms with Gasteiger partial charge < -0.3 is 9.42 Å². The average Bonchev–Trinajstić information content (AvgIpc) is 3.16. The monoisotopic (exact) mass is 339 g/mol. The van der Waals surface area contributed by atoms with Gasteiger partial charge in [0.15, 0.2) is 5.82 Å². The fourth-order valence-corrected chi connectivity index (χ4v) is 3.01. The molecule has 5 heteroatoms. The number of likely N-dealkylation sites (tertiary alicyclic amines) is 1. The van der Waals surface area contributed by atoms with Crippen molar-refractivity contribution in [3.63, 3.8) is 0 Å². The molecule has 1 aliphatic heterocycles. The fourth-order valence-electron chi connectivity index (χ4n) is 3.01. The minimum absolute atomic E-state index is 0.0372. The van der Waals surface area contributed by atoms with E-state index in [1.165, 1.54) is 0 Å². The van der Waals surface area contributed by atoms with Crippen molar-refractivity contribution >= 4 is 12.0 Å². The summed E-state index contributed by atoms with van der Waals surface area (Å²) < 4.78 is 5.47. The zero-order chi connectivity index (χ0) is 17.6. The summed E-state index contributed by atoms with van der Waals surface area (Å²) in [6, 6.07) is 9.86. The summed E-state index contributed by atoms with van der Waals surface area (Å²) in [7, 11) is 0. The van der Waals surface area contributed by atoms with Crippen LogP contribution < -0.4 is 0 Å². The van der Waals surface area contributed by atoms with E-state index < -0.39 is 0 Å². The van der Waals surface area contributed by atoms with Crippen molar-refractivity contribution in [1.82, 2.24) is 15.0 Å². The predicted octanol–water partition coefficient (Wildman–Crippen LogP) is 4.00. The van der Waals surface area contributed by atoms with Gasteiger partial charge in [0.25, 0.3) is 0 Å². The Balaban J connectivity index is 1.63. The van der Waals surface area contributed by atoms with E-state index in [1.54, 1.807) is 6.08 Å². The minimum atomic E-state index is 0.0372. The SMILES string of the molecule is CC[C@@H](C)c1noc([C@@H]2CCCN(C(=O)/C=C/c3ccccc3)C2)n1. The summed E-state index contributed by atoms with van der Waals surface area (Å²) in [6.07, 6.45) is 6.43. The van der Waals surface area contributed by atoms with E-state index in [1.807, 2.05) is 41.3 Å². The van der Waals surface area contributed by atoms with Crippen molar-refractivity contribution in [3.8, 4) is 0 Å². The molecule has 0 radical (unpaired) electrons. The number of aromatic nitrogens is 2. The maximum absolute atomic E-state index is 12.5. The van der Waals surface area contributed by atoms with Crippen molar-refractivity contribution in [2.75, 3.05) is 13.1 Å². The molecule has 1 amide bonds. The molecule has 0 bridgehead atoms. The van der Waals surface area contributed by atoms with E-state index in [9.17, 15) is 4.79 Å². The molecule has 2 atom stereocenters. The van der Waals surface area contributed by atoms with Crippen molar-refractivity contribution in [2.45, 2.75) is 44.9 Å². The molecule has 1 aromatic heterocycles. The van der Waals surface area contributed by atoms with E-state index in [-0.39, 0.29) is 11.8 Å². The topological polar surface area (TPSA) is 59.2 Å². The van der Waals surface area contributed by atoms with E-state index in [4.69, 9.17) is 4.52 Å². The zero-order valence-corrected chi connectivity index (χ0v) is 14.9. The second-order valence-electron chi connectivity index (χ2n) is 6.67. The summed E-state index contributed by atoms with van der Waals surface area (Å²) >= 11 is 0. The van der Waals surface area contributed by atoms with Gasteiger partial charge in [-0.15, -0.1) is 0 Å². The van der Waals surface area contributed by atoms with E-state index in [2.05, 4.69) is 24.0 Å². The van der Waals surface area contributed by atoms with E-state index >= 15 is 0 Å². The molecule has 0 unspecified atom stereocenters. The first kappa shape index (κ1) is 17.4. The molecule has 25 heavy (non-hydrogen) atoms. The highest BCUT2D eigenvalue weighted by atomic mass is 16.5. The third kappa shape index (κ3) is 4.35. The van der Waals surface area contributed by atoms with Crippen LogP contribution in [0.3, 0.4) is 0 Å². The molecule has 0 spiro atoms. The Morgan fingerprint density at radius 3 is 2.96 bits per heavy atom. The first-order valence-electron chi connectivity index (χ1n) is 9.03. The molecular formula is C20H25N3O2. The molecule has 5 nitrogen and oxygen atoms in total. The molecule has 2 heterocycles. The van der Waals surface area contributed by atoms with Crippen molar-refractivity contribution in [3.05, 3.63) is 53.7 Å². The Morgan fingerprint density at radius 2 is 2.20 bits per heavy atom. The standard InChI is InChI=1S/C20H25N3O2/c1-3-15(2)19-21-20(25-22-19)17-10-7-13-23(14-17)18(24)12-11-16-8-5-4-6-9-16/h4-6,8-9,11-12,15,17H,3,7,10,13-14H2,1-2H3/b12-11+/t15-,17-/m1/s1. The van der Waals surface area contributed by atoms with Crippen LogP contribution in [0.5, 0.6) is 0 Å². The minimum Gasteiger partial charge on any atom is -0.339 e. The van der Waals surface area contributed by atoms with Gasteiger partial charge in [-0.3, -0.25) is 4.79 Å². The largest absolute Gasteiger partial charge is 0.339 e. The Labute approximate surface area is 148 Å². The van der Waals surface area contributed by atoms with Crippen molar-refractivity contribution in [1.29, 1.82) is 0 Å². The highest BCUT2D eigenvalue weighted by Crippen LogP contribution is 2.27. The molecule has 0 N–H and O–H groups in total.